The van der Waals surface area contributed by atoms with Crippen LogP contribution in [-0.2, 0) is 19.4 Å². The van der Waals surface area contributed by atoms with Gasteiger partial charge in [0.2, 0.25) is 0 Å². The van der Waals surface area contributed by atoms with E-state index in [0.29, 0.717) is 13.1 Å². The molecule has 3 heterocycles. The Morgan fingerprint density at radius 2 is 1.66 bits per heavy atom. The summed E-state index contributed by atoms with van der Waals surface area (Å²) in [5, 5.41) is 14.6. The van der Waals surface area contributed by atoms with E-state index in [4.69, 9.17) is 5.11 Å². The molecular formula is C27H29N5O3. The van der Waals surface area contributed by atoms with Gasteiger partial charge >= 0.3 is 6.09 Å². The normalized spacial score (nSPS) is 14.5. The van der Waals surface area contributed by atoms with Gasteiger partial charge < -0.3 is 10.0 Å². The van der Waals surface area contributed by atoms with Crippen LogP contribution in [0.2, 0.25) is 0 Å². The molecule has 1 amide bonds. The van der Waals surface area contributed by atoms with Crippen molar-refractivity contribution in [3.63, 3.8) is 0 Å². The standard InChI is InChI=1S/C27H29N5O3/c33-26-18-22(7-6-21-4-2-1-3-5-21)10-11-31(26)24-8-9-25-23(19-24)20-28-32(25)17-14-29-12-15-30(16-13-29)27(34)35/h1-5,8-11,18-20H,6-7,12-17H2,(H,34,35). The van der Waals surface area contributed by atoms with E-state index in [1.54, 1.807) is 10.6 Å². The third kappa shape index (κ3) is 5.27. The van der Waals surface area contributed by atoms with Crippen LogP contribution in [0.15, 0.2) is 77.9 Å². The monoisotopic (exact) mass is 471 g/mol. The van der Waals surface area contributed by atoms with Gasteiger partial charge in [-0.3, -0.25) is 18.9 Å². The minimum atomic E-state index is -0.848. The number of hydrogen-bond donors (Lipinski definition) is 1. The van der Waals surface area contributed by atoms with Crippen LogP contribution in [0.5, 0.6) is 0 Å². The zero-order chi connectivity index (χ0) is 24.2. The van der Waals surface area contributed by atoms with Crippen LogP contribution < -0.4 is 5.56 Å². The van der Waals surface area contributed by atoms with Gasteiger partial charge in [0.05, 0.1) is 18.3 Å². The van der Waals surface area contributed by atoms with Crippen molar-refractivity contribution < 1.29 is 9.90 Å². The molecule has 35 heavy (non-hydrogen) atoms. The maximum Gasteiger partial charge on any atom is 0.407 e. The molecule has 5 rings (SSSR count). The summed E-state index contributed by atoms with van der Waals surface area (Å²) < 4.78 is 3.64. The zero-order valence-corrected chi connectivity index (χ0v) is 19.6. The number of pyridine rings is 1. The second-order valence-electron chi connectivity index (χ2n) is 8.95. The third-order valence-electron chi connectivity index (χ3n) is 6.70. The number of fused-ring (bicyclic) bond motifs is 1. The maximum absolute atomic E-state index is 12.8. The average Bonchev–Trinajstić information content (AvgIpc) is 3.29. The Hall–Kier alpha value is -3.91. The second kappa shape index (κ2) is 10.1. The number of aryl methyl sites for hydroxylation is 2. The van der Waals surface area contributed by atoms with E-state index in [9.17, 15) is 9.59 Å². The van der Waals surface area contributed by atoms with Gasteiger partial charge in [0.25, 0.3) is 5.56 Å². The average molecular weight is 472 g/mol. The van der Waals surface area contributed by atoms with Crippen molar-refractivity contribution in [1.29, 1.82) is 0 Å². The first kappa shape index (κ1) is 22.9. The molecule has 8 nitrogen and oxygen atoms in total. The molecule has 1 aliphatic heterocycles. The molecule has 180 valence electrons. The van der Waals surface area contributed by atoms with E-state index in [2.05, 4.69) is 22.1 Å². The Morgan fingerprint density at radius 3 is 2.40 bits per heavy atom. The molecule has 1 fully saturated rings. The summed E-state index contributed by atoms with van der Waals surface area (Å²) >= 11 is 0. The molecule has 2 aromatic carbocycles. The SMILES string of the molecule is O=C(O)N1CCN(CCn2ncc3cc(-n4ccc(CCc5ccccc5)cc4=O)ccc32)CC1. The molecule has 0 saturated carbocycles. The zero-order valence-electron chi connectivity index (χ0n) is 19.6. The van der Waals surface area contributed by atoms with Gasteiger partial charge in [-0.05, 0) is 48.2 Å². The molecule has 4 aromatic rings. The van der Waals surface area contributed by atoms with Crippen LogP contribution in [0, 0.1) is 0 Å². The fourth-order valence-electron chi connectivity index (χ4n) is 4.62. The minimum Gasteiger partial charge on any atom is -0.465 e. The molecular weight excluding hydrogens is 442 g/mol. The molecule has 0 spiro atoms. The van der Waals surface area contributed by atoms with Crippen LogP contribution in [0.1, 0.15) is 11.1 Å². The van der Waals surface area contributed by atoms with Crippen molar-refractivity contribution in [3.8, 4) is 5.69 Å². The summed E-state index contributed by atoms with van der Waals surface area (Å²) in [6, 6.07) is 20.0. The number of aromatic nitrogens is 3. The molecule has 1 saturated heterocycles. The summed E-state index contributed by atoms with van der Waals surface area (Å²) in [7, 11) is 0. The molecule has 2 aromatic heterocycles. The number of benzene rings is 2. The molecule has 0 aliphatic carbocycles. The van der Waals surface area contributed by atoms with Crippen molar-refractivity contribution >= 4 is 17.0 Å². The van der Waals surface area contributed by atoms with Crippen LogP contribution in [0.25, 0.3) is 16.6 Å². The predicted octanol–water partition coefficient (Wildman–Crippen LogP) is 3.27. The fraction of sp³-hybridized carbons (Fsp3) is 0.296. The summed E-state index contributed by atoms with van der Waals surface area (Å²) in [6.07, 6.45) is 4.58. The van der Waals surface area contributed by atoms with Gasteiger partial charge in [0.15, 0.2) is 0 Å². The highest BCUT2D eigenvalue weighted by atomic mass is 16.4. The number of hydrogen-bond acceptors (Lipinski definition) is 4. The lowest BCUT2D eigenvalue weighted by atomic mass is 10.1. The quantitative estimate of drug-likeness (QED) is 0.447. The molecule has 8 heteroatoms. The van der Waals surface area contributed by atoms with Gasteiger partial charge in [-0.15, -0.1) is 0 Å². The Kier molecular flexibility index (Phi) is 6.63. The van der Waals surface area contributed by atoms with E-state index in [0.717, 1.165) is 61.2 Å². The largest absolute Gasteiger partial charge is 0.465 e. The molecule has 1 aliphatic rings. The summed E-state index contributed by atoms with van der Waals surface area (Å²) in [5.41, 5.74) is 4.10. The summed E-state index contributed by atoms with van der Waals surface area (Å²) in [5.74, 6) is 0. The Labute approximate surface area is 203 Å². The topological polar surface area (TPSA) is 83.6 Å². The number of rotatable bonds is 7. The number of carboxylic acid groups (broad SMARTS) is 1. The predicted molar refractivity (Wildman–Crippen MR) is 135 cm³/mol. The summed E-state index contributed by atoms with van der Waals surface area (Å²) in [4.78, 5) is 27.6. The van der Waals surface area contributed by atoms with Crippen molar-refractivity contribution in [2.24, 2.45) is 0 Å². The number of piperazine rings is 1. The Bertz CT molecular complexity index is 1370. The fourth-order valence-corrected chi connectivity index (χ4v) is 4.62. The van der Waals surface area contributed by atoms with E-state index >= 15 is 0 Å². The highest BCUT2D eigenvalue weighted by molar-refractivity contribution is 5.81. The summed E-state index contributed by atoms with van der Waals surface area (Å²) in [6.45, 7) is 4.10. The lowest BCUT2D eigenvalue weighted by Gasteiger charge is -2.32. The minimum absolute atomic E-state index is 0.0391. The first-order valence-corrected chi connectivity index (χ1v) is 12.0. The Balaban J connectivity index is 1.24. The molecule has 1 N–H and O–H groups in total. The maximum atomic E-state index is 12.8. The van der Waals surface area contributed by atoms with Crippen LogP contribution >= 0.6 is 0 Å². The van der Waals surface area contributed by atoms with E-state index in [1.807, 2.05) is 59.5 Å². The highest BCUT2D eigenvalue weighted by Crippen LogP contribution is 2.18. The van der Waals surface area contributed by atoms with Gasteiger partial charge in [0, 0.05) is 56.1 Å². The van der Waals surface area contributed by atoms with Gasteiger partial charge in [0.1, 0.15) is 0 Å². The van der Waals surface area contributed by atoms with Crippen molar-refractivity contribution in [2.45, 2.75) is 19.4 Å². The third-order valence-corrected chi connectivity index (χ3v) is 6.70. The van der Waals surface area contributed by atoms with Gasteiger partial charge in [-0.2, -0.15) is 5.10 Å². The number of nitrogens with zero attached hydrogens (tertiary/aromatic N) is 5. The first-order valence-electron chi connectivity index (χ1n) is 12.0. The number of amides is 1. The molecule has 0 atom stereocenters. The van der Waals surface area contributed by atoms with Crippen molar-refractivity contribution in [3.05, 3.63) is 94.5 Å². The molecule has 0 unspecified atom stereocenters. The van der Waals surface area contributed by atoms with E-state index in [-0.39, 0.29) is 5.56 Å². The smallest absolute Gasteiger partial charge is 0.407 e. The highest BCUT2D eigenvalue weighted by Gasteiger charge is 2.20. The second-order valence-corrected chi connectivity index (χ2v) is 8.95. The van der Waals surface area contributed by atoms with E-state index in [1.165, 1.54) is 10.5 Å². The van der Waals surface area contributed by atoms with Crippen LogP contribution in [0.3, 0.4) is 0 Å². The molecule has 0 radical (unpaired) electrons. The van der Waals surface area contributed by atoms with Crippen LogP contribution in [0.4, 0.5) is 4.79 Å². The van der Waals surface area contributed by atoms with Crippen molar-refractivity contribution in [2.75, 3.05) is 32.7 Å². The Morgan fingerprint density at radius 1 is 0.886 bits per heavy atom. The van der Waals surface area contributed by atoms with Crippen molar-refractivity contribution in [1.82, 2.24) is 24.1 Å². The lowest BCUT2D eigenvalue weighted by molar-refractivity contribution is 0.104. The number of carbonyl (C=O) groups is 1. The van der Waals surface area contributed by atoms with Crippen LogP contribution in [-0.4, -0.2) is 68.1 Å². The van der Waals surface area contributed by atoms with E-state index < -0.39 is 6.09 Å². The molecule has 0 bridgehead atoms. The van der Waals surface area contributed by atoms with Gasteiger partial charge in [-0.25, -0.2) is 4.79 Å². The first-order chi connectivity index (χ1) is 17.1. The lowest BCUT2D eigenvalue weighted by Crippen LogP contribution is -2.48. The van der Waals surface area contributed by atoms with Gasteiger partial charge in [-0.1, -0.05) is 30.3 Å².